The van der Waals surface area contributed by atoms with Gasteiger partial charge in [0.1, 0.15) is 5.75 Å². The van der Waals surface area contributed by atoms with Crippen molar-refractivity contribution in [2.24, 2.45) is 0 Å². The van der Waals surface area contributed by atoms with Gasteiger partial charge in [-0.2, -0.15) is 0 Å². The van der Waals surface area contributed by atoms with Gasteiger partial charge in [-0.1, -0.05) is 59.7 Å². The van der Waals surface area contributed by atoms with Crippen molar-refractivity contribution in [3.05, 3.63) is 129 Å². The minimum absolute atomic E-state index is 0.118. The molecule has 184 valence electrons. The molecule has 0 saturated heterocycles. The first-order valence-corrected chi connectivity index (χ1v) is 12.9. The van der Waals surface area contributed by atoms with Crippen LogP contribution in [0.4, 0.5) is 5.69 Å². The molecule has 4 nitrogen and oxygen atoms in total. The molecule has 4 aromatic rings. The summed E-state index contributed by atoms with van der Waals surface area (Å²) in [4.78, 5) is 26.3. The van der Waals surface area contributed by atoms with Crippen molar-refractivity contribution in [3.8, 4) is 5.75 Å². The maximum Gasteiger partial charge on any atom is 0.343 e. The van der Waals surface area contributed by atoms with E-state index in [1.807, 2.05) is 74.5 Å². The molecule has 0 radical (unpaired) electrons. The molecule has 1 amide bonds. The van der Waals surface area contributed by atoms with Crippen LogP contribution in [0.15, 0.2) is 84.9 Å². The third-order valence-electron chi connectivity index (χ3n) is 7.91. The number of rotatable bonds is 4. The van der Waals surface area contributed by atoms with Crippen molar-refractivity contribution in [2.75, 3.05) is 5.32 Å². The van der Waals surface area contributed by atoms with Crippen molar-refractivity contribution in [3.63, 3.8) is 0 Å². The molecule has 0 aliphatic heterocycles. The number of amides is 1. The third kappa shape index (κ3) is 4.03. The summed E-state index contributed by atoms with van der Waals surface area (Å²) in [6, 6.07) is 27.3. The molecule has 4 heteroatoms. The van der Waals surface area contributed by atoms with Crippen molar-refractivity contribution in [1.29, 1.82) is 0 Å². The van der Waals surface area contributed by atoms with Gasteiger partial charge in [0.15, 0.2) is 0 Å². The van der Waals surface area contributed by atoms with E-state index in [9.17, 15) is 9.59 Å². The van der Waals surface area contributed by atoms with Crippen LogP contribution in [0.25, 0.3) is 0 Å². The van der Waals surface area contributed by atoms with Crippen LogP contribution in [0.5, 0.6) is 5.75 Å². The Kier molecular flexibility index (Phi) is 5.68. The van der Waals surface area contributed by atoms with Crippen molar-refractivity contribution in [1.82, 2.24) is 0 Å². The van der Waals surface area contributed by atoms with Gasteiger partial charge < -0.3 is 10.1 Å². The number of hydrogen-bond donors (Lipinski definition) is 1. The predicted octanol–water partition coefficient (Wildman–Crippen LogP) is 6.95. The first-order valence-electron chi connectivity index (χ1n) is 12.9. The van der Waals surface area contributed by atoms with E-state index in [2.05, 4.69) is 17.4 Å². The molecule has 1 N–H and O–H groups in total. The number of carbonyl (C=O) groups excluding carboxylic acids is 2. The van der Waals surface area contributed by atoms with E-state index >= 15 is 0 Å². The number of aryl methyl sites for hydroxylation is 4. The topological polar surface area (TPSA) is 55.4 Å². The second kappa shape index (κ2) is 9.04. The van der Waals surface area contributed by atoms with Gasteiger partial charge in [-0.05, 0) is 92.6 Å². The maximum absolute atomic E-state index is 13.2. The molecule has 0 bridgehead atoms. The molecule has 0 saturated carbocycles. The lowest BCUT2D eigenvalue weighted by atomic mass is 9.75. The lowest BCUT2D eigenvalue weighted by Crippen LogP contribution is -2.25. The number of esters is 1. The van der Waals surface area contributed by atoms with Gasteiger partial charge in [-0.15, -0.1) is 0 Å². The first kappa shape index (κ1) is 23.2. The van der Waals surface area contributed by atoms with Crippen LogP contribution in [0.1, 0.15) is 66.9 Å². The maximum atomic E-state index is 13.2. The predicted molar refractivity (Wildman–Crippen MR) is 146 cm³/mol. The van der Waals surface area contributed by atoms with Crippen LogP contribution in [-0.4, -0.2) is 11.9 Å². The van der Waals surface area contributed by atoms with E-state index in [-0.39, 0.29) is 17.3 Å². The fraction of sp³-hybridized carbons (Fsp3) is 0.212. The molecule has 0 fully saturated rings. The van der Waals surface area contributed by atoms with Crippen LogP contribution >= 0.6 is 0 Å². The van der Waals surface area contributed by atoms with E-state index in [0.717, 1.165) is 53.6 Å². The second-order valence-electron chi connectivity index (χ2n) is 10.3. The smallest absolute Gasteiger partial charge is 0.343 e. The number of carbonyl (C=O) groups is 2. The molecule has 2 aliphatic rings. The van der Waals surface area contributed by atoms with Crippen molar-refractivity contribution < 1.29 is 14.3 Å². The molecular formula is C33H29NO3. The third-order valence-corrected chi connectivity index (χ3v) is 7.91. The Hall–Kier alpha value is -4.18. The molecule has 1 atom stereocenters. The summed E-state index contributed by atoms with van der Waals surface area (Å²) < 4.78 is 6.06. The van der Waals surface area contributed by atoms with Crippen LogP contribution in [0.2, 0.25) is 0 Å². The Morgan fingerprint density at radius 2 is 1.27 bits per heavy atom. The van der Waals surface area contributed by atoms with Crippen molar-refractivity contribution in [2.45, 2.75) is 44.9 Å². The lowest BCUT2D eigenvalue weighted by molar-refractivity contribution is 0.0731. The Morgan fingerprint density at radius 3 is 1.92 bits per heavy atom. The van der Waals surface area contributed by atoms with E-state index in [1.165, 1.54) is 11.1 Å². The summed E-state index contributed by atoms with van der Waals surface area (Å²) in [6.45, 7) is 4.01. The van der Waals surface area contributed by atoms with E-state index in [4.69, 9.17) is 4.74 Å². The van der Waals surface area contributed by atoms with E-state index in [1.54, 1.807) is 12.1 Å². The van der Waals surface area contributed by atoms with Gasteiger partial charge in [0.05, 0.1) is 5.56 Å². The largest absolute Gasteiger partial charge is 0.423 e. The van der Waals surface area contributed by atoms with Crippen LogP contribution in [0.3, 0.4) is 0 Å². The fourth-order valence-electron chi connectivity index (χ4n) is 6.08. The zero-order chi connectivity index (χ0) is 25.6. The van der Waals surface area contributed by atoms with Crippen LogP contribution < -0.4 is 10.1 Å². The number of nitrogens with one attached hydrogen (secondary N) is 1. The van der Waals surface area contributed by atoms with Crippen LogP contribution in [0, 0.1) is 13.8 Å². The SMILES string of the molecule is Cc1ccc(C(=O)Nc2cccc3c2C2(CC3)CCc3cccc(OC(=O)c4ccc(C)cc4)c32)cc1. The standard InChI is InChI=1S/C33H29NO3/c1-21-9-13-25(14-10-21)31(35)34-27-7-3-5-23-17-19-33(29(23)27)20-18-24-6-4-8-28(30(24)33)37-32(36)26-15-11-22(2)12-16-26/h3-16H,17-20H2,1-2H3,(H,34,35). The quantitative estimate of drug-likeness (QED) is 0.250. The summed E-state index contributed by atoms with van der Waals surface area (Å²) in [5.41, 5.74) is 8.63. The van der Waals surface area contributed by atoms with Gasteiger partial charge >= 0.3 is 5.97 Å². The lowest BCUT2D eigenvalue weighted by Gasteiger charge is -2.30. The molecule has 4 aromatic carbocycles. The second-order valence-corrected chi connectivity index (χ2v) is 10.3. The zero-order valence-corrected chi connectivity index (χ0v) is 21.1. The summed E-state index contributed by atoms with van der Waals surface area (Å²) >= 11 is 0. The van der Waals surface area contributed by atoms with Gasteiger partial charge in [-0.3, -0.25) is 4.79 Å². The van der Waals surface area contributed by atoms with Gasteiger partial charge in [0.2, 0.25) is 0 Å². The van der Waals surface area contributed by atoms with Gasteiger partial charge in [0, 0.05) is 22.2 Å². The van der Waals surface area contributed by atoms with Crippen molar-refractivity contribution >= 4 is 17.6 Å². The summed E-state index contributed by atoms with van der Waals surface area (Å²) in [6.07, 6.45) is 3.67. The highest BCUT2D eigenvalue weighted by atomic mass is 16.5. The minimum atomic E-state index is -0.352. The molecule has 1 unspecified atom stereocenters. The Morgan fingerprint density at radius 1 is 0.703 bits per heavy atom. The molecule has 37 heavy (non-hydrogen) atoms. The number of hydrogen-bond acceptors (Lipinski definition) is 3. The Balaban J connectivity index is 1.39. The monoisotopic (exact) mass is 487 g/mol. The summed E-state index contributed by atoms with van der Waals surface area (Å²) in [5, 5.41) is 3.20. The highest BCUT2D eigenvalue weighted by Crippen LogP contribution is 2.57. The number of ether oxygens (including phenoxy) is 1. The fourth-order valence-corrected chi connectivity index (χ4v) is 6.08. The van der Waals surface area contributed by atoms with Gasteiger partial charge in [0.25, 0.3) is 5.91 Å². The number of benzene rings is 4. The minimum Gasteiger partial charge on any atom is -0.423 e. The van der Waals surface area contributed by atoms with E-state index in [0.29, 0.717) is 16.9 Å². The summed E-state index contributed by atoms with van der Waals surface area (Å²) in [7, 11) is 0. The average molecular weight is 488 g/mol. The number of fused-ring (bicyclic) bond motifs is 4. The molecule has 6 rings (SSSR count). The normalized spacial score (nSPS) is 17.4. The molecule has 0 aromatic heterocycles. The molecular weight excluding hydrogens is 458 g/mol. The average Bonchev–Trinajstić information content (AvgIpc) is 3.47. The Bertz CT molecular complexity index is 1400. The molecule has 0 heterocycles. The Labute approximate surface area is 217 Å². The zero-order valence-electron chi connectivity index (χ0n) is 21.1. The van der Waals surface area contributed by atoms with E-state index < -0.39 is 0 Å². The highest BCUT2D eigenvalue weighted by Gasteiger charge is 2.48. The number of anilines is 1. The van der Waals surface area contributed by atoms with Crippen LogP contribution in [-0.2, 0) is 18.3 Å². The summed E-state index contributed by atoms with van der Waals surface area (Å²) in [5.74, 6) is 0.149. The highest BCUT2D eigenvalue weighted by molar-refractivity contribution is 6.05. The first-order chi connectivity index (χ1) is 17.9. The van der Waals surface area contributed by atoms with Gasteiger partial charge in [-0.25, -0.2) is 4.79 Å². The molecule has 1 spiro atoms. The molecule has 2 aliphatic carbocycles.